The van der Waals surface area contributed by atoms with Crippen molar-refractivity contribution in [2.75, 3.05) is 12.4 Å². The van der Waals surface area contributed by atoms with Crippen LogP contribution in [-0.4, -0.2) is 34.5 Å². The first-order valence-electron chi connectivity index (χ1n) is 11.1. The minimum atomic E-state index is -0.591. The van der Waals surface area contributed by atoms with E-state index in [1.54, 1.807) is 19.2 Å². The molecule has 2 amide bonds. The van der Waals surface area contributed by atoms with Crippen molar-refractivity contribution in [2.45, 2.75) is 46.8 Å². The zero-order chi connectivity index (χ0) is 25.8. The number of nitrogens with one attached hydrogen (secondary N) is 1. The monoisotopic (exact) mass is 468 g/mol. The van der Waals surface area contributed by atoms with E-state index in [1.165, 1.54) is 11.8 Å². The molecule has 7 nitrogen and oxygen atoms in total. The van der Waals surface area contributed by atoms with Gasteiger partial charge in [-0.25, -0.2) is 9.78 Å². The molecule has 1 N–H and O–H groups in total. The van der Waals surface area contributed by atoms with Gasteiger partial charge >= 0.3 is 6.09 Å². The van der Waals surface area contributed by atoms with E-state index >= 15 is 0 Å². The maximum Gasteiger partial charge on any atom is 0.410 e. The Labute approximate surface area is 205 Å². The van der Waals surface area contributed by atoms with Crippen molar-refractivity contribution < 1.29 is 14.3 Å². The van der Waals surface area contributed by atoms with E-state index in [4.69, 9.17) is 4.74 Å². The lowest BCUT2D eigenvalue weighted by Crippen LogP contribution is -2.33. The molecule has 1 aromatic heterocycles. The fraction of sp³-hybridized carbons (Fsp3) is 0.286. The Morgan fingerprint density at radius 2 is 1.74 bits per heavy atom. The Balaban J connectivity index is 1.89. The van der Waals surface area contributed by atoms with E-state index in [9.17, 15) is 14.9 Å². The van der Waals surface area contributed by atoms with Crippen LogP contribution in [0.1, 0.15) is 55.5 Å². The molecule has 0 fully saturated rings. The summed E-state index contributed by atoms with van der Waals surface area (Å²) in [5.41, 5.74) is 3.78. The average molecular weight is 469 g/mol. The second-order valence-electron chi connectivity index (χ2n) is 9.35. The van der Waals surface area contributed by atoms with Gasteiger partial charge in [-0.3, -0.25) is 4.79 Å². The number of aryl methyl sites for hydroxylation is 1. The van der Waals surface area contributed by atoms with Crippen LogP contribution in [0.25, 0.3) is 10.9 Å². The number of rotatable bonds is 3. The standard InChI is InChI=1S/C28H28N4O3/c1-18-11-26(30-19(2)33)31-25-15-20(9-10-24(18)25)7-8-21-12-22(16-29)14-23(13-21)17-32(6)27(34)35-28(3,4)5/h9-15H,17H2,1-6H3,(H,30,31,33). The van der Waals surface area contributed by atoms with Crippen molar-refractivity contribution in [3.8, 4) is 17.9 Å². The molecular formula is C28H28N4O3. The number of pyridine rings is 1. The van der Waals surface area contributed by atoms with Gasteiger partial charge in [-0.15, -0.1) is 0 Å². The molecule has 0 saturated carbocycles. The molecule has 7 heteroatoms. The number of carbonyl (C=O) groups is 2. The summed E-state index contributed by atoms with van der Waals surface area (Å²) in [6.45, 7) is 9.12. The molecule has 3 aromatic rings. The molecule has 0 bridgehead atoms. The first-order valence-corrected chi connectivity index (χ1v) is 11.1. The van der Waals surface area contributed by atoms with E-state index in [-0.39, 0.29) is 12.5 Å². The smallest absolute Gasteiger partial charge is 0.410 e. The molecule has 35 heavy (non-hydrogen) atoms. The van der Waals surface area contributed by atoms with Crippen molar-refractivity contribution in [1.29, 1.82) is 5.26 Å². The Kier molecular flexibility index (Phi) is 7.42. The van der Waals surface area contributed by atoms with Gasteiger partial charge in [0.05, 0.1) is 17.1 Å². The van der Waals surface area contributed by atoms with Gasteiger partial charge in [0.2, 0.25) is 5.91 Å². The lowest BCUT2D eigenvalue weighted by Gasteiger charge is -2.24. The molecule has 0 aliphatic carbocycles. The summed E-state index contributed by atoms with van der Waals surface area (Å²) in [7, 11) is 1.65. The second kappa shape index (κ2) is 10.3. The normalized spacial score (nSPS) is 10.7. The highest BCUT2D eigenvalue weighted by Gasteiger charge is 2.19. The average Bonchev–Trinajstić information content (AvgIpc) is 2.75. The number of carbonyl (C=O) groups excluding carboxylic acids is 2. The van der Waals surface area contributed by atoms with Crippen molar-refractivity contribution >= 4 is 28.7 Å². The molecule has 0 saturated heterocycles. The zero-order valence-electron chi connectivity index (χ0n) is 20.8. The molecule has 0 aliphatic heterocycles. The number of nitrogens with zero attached hydrogens (tertiary/aromatic N) is 3. The van der Waals surface area contributed by atoms with Crippen LogP contribution in [-0.2, 0) is 16.1 Å². The van der Waals surface area contributed by atoms with Crippen LogP contribution in [0.3, 0.4) is 0 Å². The predicted octanol–water partition coefficient (Wildman–Crippen LogP) is 5.14. The number of amides is 2. The maximum atomic E-state index is 12.3. The number of nitriles is 1. The minimum Gasteiger partial charge on any atom is -0.444 e. The number of aromatic nitrogens is 1. The highest BCUT2D eigenvalue weighted by molar-refractivity contribution is 5.91. The molecule has 0 aliphatic rings. The van der Waals surface area contributed by atoms with Crippen LogP contribution in [0.2, 0.25) is 0 Å². The van der Waals surface area contributed by atoms with Crippen molar-refractivity contribution in [3.05, 3.63) is 70.3 Å². The minimum absolute atomic E-state index is 0.183. The number of anilines is 1. The van der Waals surface area contributed by atoms with Crippen LogP contribution in [0.15, 0.2) is 42.5 Å². The highest BCUT2D eigenvalue weighted by atomic mass is 16.6. The molecule has 3 rings (SSSR count). The fourth-order valence-corrected chi connectivity index (χ4v) is 3.47. The summed E-state index contributed by atoms with van der Waals surface area (Å²) in [5.74, 6) is 6.55. The highest BCUT2D eigenvalue weighted by Crippen LogP contribution is 2.21. The quantitative estimate of drug-likeness (QED) is 0.537. The summed E-state index contributed by atoms with van der Waals surface area (Å²) < 4.78 is 5.40. The Morgan fingerprint density at radius 3 is 2.40 bits per heavy atom. The summed E-state index contributed by atoms with van der Waals surface area (Å²) >= 11 is 0. The maximum absolute atomic E-state index is 12.3. The van der Waals surface area contributed by atoms with E-state index in [0.29, 0.717) is 16.9 Å². The molecule has 1 heterocycles. The summed E-state index contributed by atoms with van der Waals surface area (Å²) in [4.78, 5) is 29.7. The van der Waals surface area contributed by atoms with Crippen molar-refractivity contribution in [2.24, 2.45) is 0 Å². The van der Waals surface area contributed by atoms with E-state index < -0.39 is 11.7 Å². The Morgan fingerprint density at radius 1 is 1.06 bits per heavy atom. The molecule has 178 valence electrons. The SMILES string of the molecule is CC(=O)Nc1cc(C)c2ccc(C#Cc3cc(C#N)cc(CN(C)C(=O)OC(C)(C)C)c3)cc2n1. The third kappa shape index (κ3) is 7.06. The number of hydrogen-bond acceptors (Lipinski definition) is 5. The number of fused-ring (bicyclic) bond motifs is 1. The summed E-state index contributed by atoms with van der Waals surface area (Å²) in [5, 5.41) is 13.2. The third-order valence-corrected chi connectivity index (χ3v) is 4.92. The lowest BCUT2D eigenvalue weighted by atomic mass is 10.0. The molecule has 0 atom stereocenters. The first kappa shape index (κ1) is 25.3. The fourth-order valence-electron chi connectivity index (χ4n) is 3.47. The molecule has 0 unspecified atom stereocenters. The molecule has 2 aromatic carbocycles. The van der Waals surface area contributed by atoms with Gasteiger partial charge in [0.25, 0.3) is 0 Å². The number of ether oxygens (including phenoxy) is 1. The topological polar surface area (TPSA) is 95.3 Å². The van der Waals surface area contributed by atoms with E-state index in [2.05, 4.69) is 28.2 Å². The van der Waals surface area contributed by atoms with Crippen LogP contribution in [0.4, 0.5) is 10.6 Å². The summed E-state index contributed by atoms with van der Waals surface area (Å²) in [6, 6.07) is 15.0. The van der Waals surface area contributed by atoms with E-state index in [1.807, 2.05) is 58.0 Å². The van der Waals surface area contributed by atoms with Gasteiger partial charge in [0.15, 0.2) is 0 Å². The van der Waals surface area contributed by atoms with Gasteiger partial charge in [0.1, 0.15) is 11.4 Å². The van der Waals surface area contributed by atoms with Gasteiger partial charge < -0.3 is 15.0 Å². The Bertz CT molecular complexity index is 1400. The zero-order valence-corrected chi connectivity index (χ0v) is 20.8. The Hall–Kier alpha value is -4.36. The predicted molar refractivity (Wildman–Crippen MR) is 136 cm³/mol. The van der Waals surface area contributed by atoms with Gasteiger partial charge in [-0.1, -0.05) is 17.9 Å². The van der Waals surface area contributed by atoms with Gasteiger partial charge in [-0.05, 0) is 75.2 Å². The van der Waals surface area contributed by atoms with Crippen LogP contribution >= 0.6 is 0 Å². The van der Waals surface area contributed by atoms with Crippen molar-refractivity contribution in [3.63, 3.8) is 0 Å². The van der Waals surface area contributed by atoms with Crippen LogP contribution in [0, 0.1) is 30.1 Å². The largest absolute Gasteiger partial charge is 0.444 e. The van der Waals surface area contributed by atoms with Crippen LogP contribution in [0.5, 0.6) is 0 Å². The van der Waals surface area contributed by atoms with Crippen molar-refractivity contribution in [1.82, 2.24) is 9.88 Å². The lowest BCUT2D eigenvalue weighted by molar-refractivity contribution is -0.114. The first-order chi connectivity index (χ1) is 16.4. The number of hydrogen-bond donors (Lipinski definition) is 1. The van der Waals surface area contributed by atoms with Crippen LogP contribution < -0.4 is 5.32 Å². The molecular weight excluding hydrogens is 440 g/mol. The summed E-state index contributed by atoms with van der Waals surface area (Å²) in [6.07, 6.45) is -0.440. The molecule has 0 spiro atoms. The third-order valence-electron chi connectivity index (χ3n) is 4.92. The van der Waals surface area contributed by atoms with E-state index in [0.717, 1.165) is 27.6 Å². The second-order valence-corrected chi connectivity index (χ2v) is 9.35. The molecule has 0 radical (unpaired) electrons. The van der Waals surface area contributed by atoms with Gasteiger partial charge in [0, 0.05) is 37.0 Å². The van der Waals surface area contributed by atoms with Gasteiger partial charge in [-0.2, -0.15) is 5.26 Å². The number of benzene rings is 2.